The van der Waals surface area contributed by atoms with Gasteiger partial charge in [0.25, 0.3) is 5.91 Å². The molecule has 2 aromatic rings. The average molecular weight is 578 g/mol. The fourth-order valence-corrected chi connectivity index (χ4v) is 4.73. The summed E-state index contributed by atoms with van der Waals surface area (Å²) in [5, 5.41) is 3.35. The van der Waals surface area contributed by atoms with Crippen LogP contribution in [0.5, 0.6) is 11.5 Å². The highest BCUT2D eigenvalue weighted by Gasteiger charge is 2.34. The number of piperidine rings is 1. The minimum atomic E-state index is -0.355. The Hall–Kier alpha value is -3.01. The molecular formula is C30H44ClN3O6. The lowest BCUT2D eigenvalue weighted by Crippen LogP contribution is -2.56. The number of nitrogens with one attached hydrogen (secondary N) is 1. The number of likely N-dealkylation sites (N-methyl/N-ethyl adjacent to an activating group) is 1. The van der Waals surface area contributed by atoms with E-state index in [1.54, 1.807) is 44.4 Å². The van der Waals surface area contributed by atoms with Crippen LogP contribution in [0.3, 0.4) is 0 Å². The molecule has 10 heteroatoms. The lowest BCUT2D eigenvalue weighted by Gasteiger charge is -2.40. The van der Waals surface area contributed by atoms with E-state index in [0.29, 0.717) is 56.3 Å². The number of hydrogen-bond acceptors (Lipinski definition) is 7. The van der Waals surface area contributed by atoms with Crippen molar-refractivity contribution < 1.29 is 28.5 Å². The first kappa shape index (κ1) is 33.2. The van der Waals surface area contributed by atoms with Gasteiger partial charge in [0, 0.05) is 70.9 Å². The van der Waals surface area contributed by atoms with Gasteiger partial charge in [0.1, 0.15) is 6.10 Å². The molecule has 1 fully saturated rings. The molecule has 0 aromatic heterocycles. The third-order valence-electron chi connectivity index (χ3n) is 6.79. The first-order valence-electron chi connectivity index (χ1n) is 13.6. The van der Waals surface area contributed by atoms with Crippen molar-refractivity contribution in [1.29, 1.82) is 0 Å². The number of carbonyl (C=O) groups is 2. The third-order valence-corrected chi connectivity index (χ3v) is 6.79. The summed E-state index contributed by atoms with van der Waals surface area (Å²) in [6.45, 7) is 6.78. The van der Waals surface area contributed by atoms with E-state index < -0.39 is 0 Å². The average Bonchev–Trinajstić information content (AvgIpc) is 2.94. The molecule has 0 unspecified atom stereocenters. The van der Waals surface area contributed by atoms with Crippen LogP contribution in [0.4, 0.5) is 4.79 Å². The van der Waals surface area contributed by atoms with Gasteiger partial charge in [-0.2, -0.15) is 0 Å². The fraction of sp³-hybridized carbons (Fsp3) is 0.533. The summed E-state index contributed by atoms with van der Waals surface area (Å²) in [6, 6.07) is 15.1. The van der Waals surface area contributed by atoms with E-state index in [2.05, 4.69) is 5.32 Å². The van der Waals surface area contributed by atoms with E-state index in [1.807, 2.05) is 49.1 Å². The van der Waals surface area contributed by atoms with E-state index >= 15 is 0 Å². The zero-order valence-corrected chi connectivity index (χ0v) is 25.1. The molecule has 2 atom stereocenters. The first-order chi connectivity index (χ1) is 18.8. The van der Waals surface area contributed by atoms with Crippen LogP contribution >= 0.6 is 12.4 Å². The summed E-state index contributed by atoms with van der Waals surface area (Å²) in [6.07, 6.45) is 1.36. The van der Waals surface area contributed by atoms with Crippen LogP contribution in [0.25, 0.3) is 0 Å². The summed E-state index contributed by atoms with van der Waals surface area (Å²) in [5.74, 6) is 0.992. The van der Waals surface area contributed by atoms with Crippen molar-refractivity contribution in [2.75, 3.05) is 54.1 Å². The van der Waals surface area contributed by atoms with Crippen LogP contribution in [-0.4, -0.2) is 94.1 Å². The SMILES string of the molecule is COCCCOc1cc(C(=O)N(C(C)C)[C@H]2CNC[C@@H](OC(=O)N(C)CCc3ccccc3)C2)ccc1OC.Cl. The highest BCUT2D eigenvalue weighted by Crippen LogP contribution is 2.30. The second-order valence-corrected chi connectivity index (χ2v) is 10.1. The quantitative estimate of drug-likeness (QED) is 0.352. The largest absolute Gasteiger partial charge is 0.493 e. The molecule has 2 amide bonds. The summed E-state index contributed by atoms with van der Waals surface area (Å²) in [7, 11) is 4.98. The Labute approximate surface area is 244 Å². The summed E-state index contributed by atoms with van der Waals surface area (Å²) in [5.41, 5.74) is 1.69. The molecule has 0 saturated carbocycles. The maximum atomic E-state index is 13.7. The van der Waals surface area contributed by atoms with Crippen LogP contribution < -0.4 is 14.8 Å². The molecule has 0 spiro atoms. The molecule has 1 aliphatic rings. The minimum absolute atomic E-state index is 0. The monoisotopic (exact) mass is 577 g/mol. The van der Waals surface area contributed by atoms with Gasteiger partial charge in [-0.25, -0.2) is 4.79 Å². The Morgan fingerprint density at radius 2 is 1.77 bits per heavy atom. The molecule has 1 heterocycles. The second kappa shape index (κ2) is 16.9. The van der Waals surface area contributed by atoms with Crippen molar-refractivity contribution in [3.05, 3.63) is 59.7 Å². The molecule has 0 radical (unpaired) electrons. The van der Waals surface area contributed by atoms with Gasteiger partial charge < -0.3 is 34.1 Å². The van der Waals surface area contributed by atoms with E-state index in [1.165, 1.54) is 5.56 Å². The Morgan fingerprint density at radius 3 is 2.45 bits per heavy atom. The molecule has 1 aliphatic heterocycles. The summed E-state index contributed by atoms with van der Waals surface area (Å²) in [4.78, 5) is 30.0. The number of ether oxygens (including phenoxy) is 4. The van der Waals surface area contributed by atoms with Crippen LogP contribution in [-0.2, 0) is 15.9 Å². The first-order valence-corrected chi connectivity index (χ1v) is 13.6. The number of benzene rings is 2. The molecule has 3 rings (SSSR count). The van der Waals surface area contributed by atoms with Crippen molar-refractivity contribution in [3.63, 3.8) is 0 Å². The van der Waals surface area contributed by atoms with Crippen molar-refractivity contribution in [1.82, 2.24) is 15.1 Å². The van der Waals surface area contributed by atoms with E-state index in [4.69, 9.17) is 18.9 Å². The highest BCUT2D eigenvalue weighted by molar-refractivity contribution is 5.95. The Bertz CT molecular complexity index is 1050. The smallest absolute Gasteiger partial charge is 0.409 e. The number of halogens is 1. The lowest BCUT2D eigenvalue weighted by molar-refractivity contribution is 0.0231. The van der Waals surface area contributed by atoms with Gasteiger partial charge in [-0.05, 0) is 44.0 Å². The van der Waals surface area contributed by atoms with Crippen LogP contribution in [0.1, 0.15) is 42.6 Å². The van der Waals surface area contributed by atoms with E-state index in [0.717, 1.165) is 12.8 Å². The number of rotatable bonds is 13. The highest BCUT2D eigenvalue weighted by atomic mass is 35.5. The number of carbonyl (C=O) groups excluding carboxylic acids is 2. The fourth-order valence-electron chi connectivity index (χ4n) is 4.73. The minimum Gasteiger partial charge on any atom is -0.493 e. The Morgan fingerprint density at radius 1 is 1.02 bits per heavy atom. The number of amides is 2. The van der Waals surface area contributed by atoms with Crippen molar-refractivity contribution in [2.24, 2.45) is 0 Å². The van der Waals surface area contributed by atoms with Gasteiger partial charge in [-0.3, -0.25) is 4.79 Å². The maximum Gasteiger partial charge on any atom is 0.409 e. The lowest BCUT2D eigenvalue weighted by atomic mass is 10.00. The summed E-state index contributed by atoms with van der Waals surface area (Å²) >= 11 is 0. The van der Waals surface area contributed by atoms with E-state index in [9.17, 15) is 9.59 Å². The van der Waals surface area contributed by atoms with Gasteiger partial charge in [0.05, 0.1) is 13.7 Å². The maximum absolute atomic E-state index is 13.7. The predicted octanol–water partition coefficient (Wildman–Crippen LogP) is 4.42. The second-order valence-electron chi connectivity index (χ2n) is 10.1. The number of methoxy groups -OCH3 is 2. The number of hydrogen-bond donors (Lipinski definition) is 1. The summed E-state index contributed by atoms with van der Waals surface area (Å²) < 4.78 is 22.2. The molecule has 1 N–H and O–H groups in total. The van der Waals surface area contributed by atoms with Gasteiger partial charge >= 0.3 is 6.09 Å². The zero-order valence-electron chi connectivity index (χ0n) is 24.3. The molecule has 1 saturated heterocycles. The zero-order chi connectivity index (χ0) is 28.2. The van der Waals surface area contributed by atoms with Gasteiger partial charge in [0.2, 0.25) is 0 Å². The Kier molecular flexibility index (Phi) is 14.1. The van der Waals surface area contributed by atoms with Crippen LogP contribution in [0.15, 0.2) is 48.5 Å². The van der Waals surface area contributed by atoms with Gasteiger partial charge in [-0.15, -0.1) is 12.4 Å². The molecule has 222 valence electrons. The molecule has 2 aromatic carbocycles. The molecule has 0 bridgehead atoms. The van der Waals surface area contributed by atoms with Crippen LogP contribution in [0.2, 0.25) is 0 Å². The molecule has 40 heavy (non-hydrogen) atoms. The number of nitrogens with zero attached hydrogens (tertiary/aromatic N) is 2. The van der Waals surface area contributed by atoms with Crippen molar-refractivity contribution >= 4 is 24.4 Å². The predicted molar refractivity (Wildman–Crippen MR) is 158 cm³/mol. The van der Waals surface area contributed by atoms with Crippen molar-refractivity contribution in [2.45, 2.75) is 51.3 Å². The van der Waals surface area contributed by atoms with Gasteiger partial charge in [-0.1, -0.05) is 30.3 Å². The standard InChI is InChI=1S/C30H43N3O6.ClH/c1-22(2)33(29(34)24-12-13-27(37-5)28(18-24)38-17-9-16-36-4)25-19-26(21-31-20-25)39-30(35)32(3)15-14-23-10-7-6-8-11-23;/h6-8,10-13,18,22,25-26,31H,9,14-17,19-21H2,1-5H3;1H/t25-,26+;/m1./s1. The normalized spacial score (nSPS) is 16.6. The molecule has 9 nitrogen and oxygen atoms in total. The molecular weight excluding hydrogens is 534 g/mol. The van der Waals surface area contributed by atoms with Gasteiger partial charge in [0.15, 0.2) is 11.5 Å². The van der Waals surface area contributed by atoms with Crippen molar-refractivity contribution in [3.8, 4) is 11.5 Å². The molecule has 0 aliphatic carbocycles. The Balaban J connectivity index is 0.00000560. The topological polar surface area (TPSA) is 89.6 Å². The van der Waals surface area contributed by atoms with Crippen LogP contribution in [0, 0.1) is 0 Å². The van der Waals surface area contributed by atoms with E-state index in [-0.39, 0.29) is 42.6 Å². The third kappa shape index (κ3) is 9.57.